The molecule has 0 spiro atoms. The van der Waals surface area contributed by atoms with Crippen LogP contribution in [0, 0.1) is 0 Å². The Balaban J connectivity index is 1.52. The highest BCUT2D eigenvalue weighted by Gasteiger charge is 2.27. The van der Waals surface area contributed by atoms with Gasteiger partial charge in [0.1, 0.15) is 11.4 Å². The molecule has 3 aromatic heterocycles. The highest BCUT2D eigenvalue weighted by Crippen LogP contribution is 2.43. The lowest BCUT2D eigenvalue weighted by molar-refractivity contribution is 0.0594. The van der Waals surface area contributed by atoms with Gasteiger partial charge in [-0.05, 0) is 81.8 Å². The number of esters is 1. The summed E-state index contributed by atoms with van der Waals surface area (Å²) in [5.74, 6) is -0.944. The average molecular weight is 660 g/mol. The molecule has 6 rings (SSSR count). The fraction of sp³-hybridized carbons (Fsp3) is 0.188. The van der Waals surface area contributed by atoms with Gasteiger partial charge < -0.3 is 25.1 Å². The van der Waals surface area contributed by atoms with Gasteiger partial charge >= 0.3 is 5.97 Å². The molecule has 5 aromatic rings. The van der Waals surface area contributed by atoms with Crippen LogP contribution in [-0.4, -0.2) is 48.0 Å². The number of fused-ring (bicyclic) bond motifs is 4. The zero-order valence-corrected chi connectivity index (χ0v) is 25.8. The number of rotatable bonds is 7. The van der Waals surface area contributed by atoms with Gasteiger partial charge in [-0.25, -0.2) is 9.78 Å². The predicted octanol–water partition coefficient (Wildman–Crippen LogP) is 6.83. The first kappa shape index (κ1) is 28.6. The zero-order chi connectivity index (χ0) is 30.1. The summed E-state index contributed by atoms with van der Waals surface area (Å²) in [6.45, 7) is 2.87. The molecular weight excluding hydrogens is 632 g/mol. The lowest BCUT2D eigenvalue weighted by atomic mass is 9.93. The van der Waals surface area contributed by atoms with Gasteiger partial charge in [0.25, 0.3) is 11.8 Å². The number of thiophene rings is 1. The molecule has 0 atom stereocenters. The summed E-state index contributed by atoms with van der Waals surface area (Å²) in [5.41, 5.74) is 4.50. The zero-order valence-electron chi connectivity index (χ0n) is 23.4. The molecule has 1 aliphatic rings. The van der Waals surface area contributed by atoms with Crippen molar-refractivity contribution in [2.75, 3.05) is 25.6 Å². The number of benzene rings is 2. The van der Waals surface area contributed by atoms with Crippen molar-refractivity contribution in [2.45, 2.75) is 19.8 Å². The third-order valence-corrected chi connectivity index (χ3v) is 9.08. The molecule has 0 fully saturated rings. The van der Waals surface area contributed by atoms with E-state index in [1.807, 2.05) is 36.7 Å². The fourth-order valence-corrected chi connectivity index (χ4v) is 6.65. The lowest BCUT2D eigenvalue weighted by Gasteiger charge is -2.18. The standard InChI is InChI=1S/C32H27BrN4O5S/c1-3-11-35-31(39)25-5-4-18(28(36-25)32(40)41-2)20-16-26-22(29-17(9-13-42-26)10-14-43-29)15-21(20)30(38)37-24-7-6-23-19(27(24)33)8-12-34-23/h4-8,10,12,14-16,34H,3,9,11,13H2,1-2H3,(H,35,39)(H,37,38). The number of halogens is 1. The Morgan fingerprint density at radius 1 is 1.07 bits per heavy atom. The summed E-state index contributed by atoms with van der Waals surface area (Å²) in [6, 6.07) is 14.4. The number of H-pyrrole nitrogens is 1. The minimum atomic E-state index is -0.733. The van der Waals surface area contributed by atoms with Gasteiger partial charge in [-0.15, -0.1) is 11.3 Å². The molecule has 43 heavy (non-hydrogen) atoms. The van der Waals surface area contributed by atoms with Gasteiger partial charge in [0.2, 0.25) is 0 Å². The van der Waals surface area contributed by atoms with Crippen LogP contribution < -0.4 is 15.4 Å². The molecule has 218 valence electrons. The Bertz CT molecular complexity index is 1900. The number of hydrogen-bond donors (Lipinski definition) is 3. The molecule has 0 saturated heterocycles. The number of aromatic nitrogens is 2. The van der Waals surface area contributed by atoms with E-state index < -0.39 is 17.8 Å². The summed E-state index contributed by atoms with van der Waals surface area (Å²) in [7, 11) is 1.25. The maximum absolute atomic E-state index is 14.1. The number of pyridine rings is 1. The SMILES string of the molecule is CCCNC(=O)c1ccc(-c2cc3c(cc2C(=O)Nc2ccc4[nH]ccc4c2Br)-c2sccc2CCO3)c(C(=O)OC)n1. The Kier molecular flexibility index (Phi) is 8.00. The second kappa shape index (κ2) is 12.0. The number of hydrogen-bond acceptors (Lipinski definition) is 7. The largest absolute Gasteiger partial charge is 0.493 e. The Morgan fingerprint density at radius 3 is 2.74 bits per heavy atom. The van der Waals surface area contributed by atoms with Crippen molar-refractivity contribution in [2.24, 2.45) is 0 Å². The van der Waals surface area contributed by atoms with Gasteiger partial charge in [-0.1, -0.05) is 6.92 Å². The van der Waals surface area contributed by atoms with E-state index in [4.69, 9.17) is 9.47 Å². The second-order valence-electron chi connectivity index (χ2n) is 9.93. The summed E-state index contributed by atoms with van der Waals surface area (Å²) < 4.78 is 11.9. The van der Waals surface area contributed by atoms with Crippen LogP contribution in [-0.2, 0) is 11.2 Å². The number of methoxy groups -OCH3 is 1. The molecule has 0 radical (unpaired) electrons. The van der Waals surface area contributed by atoms with E-state index in [1.165, 1.54) is 13.2 Å². The third-order valence-electron chi connectivity index (χ3n) is 7.23. The van der Waals surface area contributed by atoms with E-state index in [-0.39, 0.29) is 11.4 Å². The minimum absolute atomic E-state index is 0.0709. The Morgan fingerprint density at radius 2 is 1.93 bits per heavy atom. The van der Waals surface area contributed by atoms with E-state index in [2.05, 4.69) is 42.6 Å². The quantitative estimate of drug-likeness (QED) is 0.165. The first-order valence-corrected chi connectivity index (χ1v) is 15.4. The van der Waals surface area contributed by atoms with Gasteiger partial charge in [-0.3, -0.25) is 9.59 Å². The summed E-state index contributed by atoms with van der Waals surface area (Å²) in [4.78, 5) is 48.4. The number of carbonyl (C=O) groups is 3. The van der Waals surface area contributed by atoms with Crippen LogP contribution in [0.5, 0.6) is 5.75 Å². The number of carbonyl (C=O) groups excluding carboxylic acids is 3. The van der Waals surface area contributed by atoms with E-state index in [0.29, 0.717) is 41.3 Å². The lowest BCUT2D eigenvalue weighted by Crippen LogP contribution is -2.26. The van der Waals surface area contributed by atoms with Crippen molar-refractivity contribution in [1.82, 2.24) is 15.3 Å². The van der Waals surface area contributed by atoms with Crippen LogP contribution in [0.2, 0.25) is 0 Å². The first-order chi connectivity index (χ1) is 20.9. The Labute approximate surface area is 259 Å². The molecule has 3 N–H and O–H groups in total. The number of anilines is 1. The maximum Gasteiger partial charge on any atom is 0.357 e. The molecule has 0 saturated carbocycles. The molecule has 1 aliphatic heterocycles. The highest BCUT2D eigenvalue weighted by molar-refractivity contribution is 9.10. The molecule has 0 unspecified atom stereocenters. The summed E-state index contributed by atoms with van der Waals surface area (Å²) in [5, 5.41) is 8.76. The molecule has 11 heteroatoms. The van der Waals surface area contributed by atoms with Crippen LogP contribution in [0.4, 0.5) is 5.69 Å². The fourth-order valence-electron chi connectivity index (χ4n) is 5.09. The number of nitrogens with one attached hydrogen (secondary N) is 3. The smallest absolute Gasteiger partial charge is 0.357 e. The van der Waals surface area contributed by atoms with Crippen LogP contribution in [0.25, 0.3) is 32.5 Å². The number of ether oxygens (including phenoxy) is 2. The number of aromatic amines is 1. The maximum atomic E-state index is 14.1. The molecule has 4 heterocycles. The molecule has 9 nitrogen and oxygen atoms in total. The van der Waals surface area contributed by atoms with Crippen molar-refractivity contribution >= 4 is 61.6 Å². The van der Waals surface area contributed by atoms with Crippen LogP contribution >= 0.6 is 27.3 Å². The predicted molar refractivity (Wildman–Crippen MR) is 170 cm³/mol. The van der Waals surface area contributed by atoms with Crippen molar-refractivity contribution in [3.05, 3.63) is 87.1 Å². The number of amides is 2. The van der Waals surface area contributed by atoms with Crippen LogP contribution in [0.3, 0.4) is 0 Å². The van der Waals surface area contributed by atoms with E-state index in [1.54, 1.807) is 29.5 Å². The van der Waals surface area contributed by atoms with Gasteiger partial charge in [0, 0.05) is 57.2 Å². The Hall–Kier alpha value is -4.48. The van der Waals surface area contributed by atoms with Crippen molar-refractivity contribution in [3.8, 4) is 27.3 Å². The monoisotopic (exact) mass is 658 g/mol. The topological polar surface area (TPSA) is 122 Å². The number of nitrogens with zero attached hydrogens (tertiary/aromatic N) is 1. The molecule has 2 aromatic carbocycles. The molecule has 2 amide bonds. The van der Waals surface area contributed by atoms with E-state index in [0.717, 1.165) is 44.2 Å². The normalized spacial score (nSPS) is 12.1. The summed E-state index contributed by atoms with van der Waals surface area (Å²) >= 11 is 5.21. The first-order valence-electron chi connectivity index (χ1n) is 13.7. The van der Waals surface area contributed by atoms with Crippen LogP contribution in [0.15, 0.2) is 64.6 Å². The van der Waals surface area contributed by atoms with E-state index in [9.17, 15) is 14.4 Å². The molecule has 0 aliphatic carbocycles. The van der Waals surface area contributed by atoms with Crippen molar-refractivity contribution < 1.29 is 23.9 Å². The van der Waals surface area contributed by atoms with E-state index >= 15 is 0 Å². The van der Waals surface area contributed by atoms with Crippen molar-refractivity contribution in [1.29, 1.82) is 0 Å². The van der Waals surface area contributed by atoms with Gasteiger partial charge in [-0.2, -0.15) is 0 Å². The summed E-state index contributed by atoms with van der Waals surface area (Å²) in [6.07, 6.45) is 3.31. The third kappa shape index (κ3) is 5.41. The molecular formula is C32H27BrN4O5S. The van der Waals surface area contributed by atoms with Crippen LogP contribution in [0.1, 0.15) is 50.2 Å². The van der Waals surface area contributed by atoms with Crippen molar-refractivity contribution in [3.63, 3.8) is 0 Å². The molecule has 0 bridgehead atoms. The second-order valence-corrected chi connectivity index (χ2v) is 11.6. The van der Waals surface area contributed by atoms with Gasteiger partial charge in [0.15, 0.2) is 5.69 Å². The average Bonchev–Trinajstić information content (AvgIpc) is 3.67. The van der Waals surface area contributed by atoms with Gasteiger partial charge in [0.05, 0.1) is 23.9 Å². The highest BCUT2D eigenvalue weighted by atomic mass is 79.9. The minimum Gasteiger partial charge on any atom is -0.493 e.